The number of carbonyl (C=O) groups excluding carboxylic acids is 2. The molecule has 0 aliphatic carbocycles. The maximum absolute atomic E-state index is 10.9. The van der Waals surface area contributed by atoms with E-state index in [-0.39, 0.29) is 0 Å². The first kappa shape index (κ1) is 13.0. The van der Waals surface area contributed by atoms with Crippen molar-refractivity contribution in [2.24, 2.45) is 0 Å². The minimum absolute atomic E-state index is 0.427. The van der Waals surface area contributed by atoms with E-state index in [1.54, 1.807) is 12.1 Å². The molecule has 90 valence electrons. The summed E-state index contributed by atoms with van der Waals surface area (Å²) in [5, 5.41) is 0. The Bertz CT molecular complexity index is 406. The molecule has 0 spiro atoms. The van der Waals surface area contributed by atoms with E-state index in [2.05, 4.69) is 6.58 Å². The van der Waals surface area contributed by atoms with E-state index in [1.165, 1.54) is 13.8 Å². The molecule has 0 heterocycles. The van der Waals surface area contributed by atoms with Crippen molar-refractivity contribution in [2.45, 2.75) is 20.1 Å². The fraction of sp³-hybridized carbons (Fsp3) is 0.231. The Labute approximate surface area is 99.8 Å². The number of rotatable bonds is 4. The molecule has 0 atom stereocenters. The average Bonchev–Trinajstić information content (AvgIpc) is 2.27. The molecule has 0 amide bonds. The van der Waals surface area contributed by atoms with Crippen LogP contribution in [0.2, 0.25) is 0 Å². The van der Waals surface area contributed by atoms with E-state index in [0.717, 1.165) is 5.56 Å². The van der Waals surface area contributed by atoms with E-state index < -0.39 is 18.2 Å². The molecule has 0 aliphatic rings. The van der Waals surface area contributed by atoms with Crippen molar-refractivity contribution in [3.63, 3.8) is 0 Å². The number of carbonyl (C=O) groups is 2. The third-order valence-electron chi connectivity index (χ3n) is 1.98. The van der Waals surface area contributed by atoms with E-state index >= 15 is 0 Å². The lowest BCUT2D eigenvalue weighted by Crippen LogP contribution is -2.23. The fourth-order valence-electron chi connectivity index (χ4n) is 1.26. The van der Waals surface area contributed by atoms with Gasteiger partial charge >= 0.3 is 11.9 Å². The molecule has 0 bridgehead atoms. The van der Waals surface area contributed by atoms with Crippen LogP contribution < -0.4 is 0 Å². The highest BCUT2D eigenvalue weighted by molar-refractivity contribution is 5.74. The van der Waals surface area contributed by atoms with Gasteiger partial charge < -0.3 is 9.47 Å². The predicted molar refractivity (Wildman–Crippen MR) is 62.8 cm³/mol. The predicted octanol–water partition coefficient (Wildman–Crippen LogP) is 2.15. The van der Waals surface area contributed by atoms with Crippen LogP contribution in [0.3, 0.4) is 0 Å². The molecule has 17 heavy (non-hydrogen) atoms. The van der Waals surface area contributed by atoms with Crippen LogP contribution in [0.5, 0.6) is 0 Å². The van der Waals surface area contributed by atoms with Gasteiger partial charge in [-0.15, -0.1) is 0 Å². The zero-order chi connectivity index (χ0) is 12.8. The standard InChI is InChI=1S/C13H14O4/c1-9(12-7-5-4-6-8-12)13(16-10(2)14)17-11(3)15/h4-8,13H,1H2,2-3H3. The number of hydrogen-bond donors (Lipinski definition) is 0. The first-order valence-electron chi connectivity index (χ1n) is 5.09. The van der Waals surface area contributed by atoms with Crippen LogP contribution in [0.4, 0.5) is 0 Å². The summed E-state index contributed by atoms with van der Waals surface area (Å²) in [7, 11) is 0. The third-order valence-corrected chi connectivity index (χ3v) is 1.98. The van der Waals surface area contributed by atoms with Gasteiger partial charge in [-0.3, -0.25) is 9.59 Å². The Kier molecular flexibility index (Phi) is 4.46. The summed E-state index contributed by atoms with van der Waals surface area (Å²) in [6.45, 7) is 6.27. The SMILES string of the molecule is C=C(c1ccccc1)C(OC(C)=O)OC(C)=O. The monoisotopic (exact) mass is 234 g/mol. The van der Waals surface area contributed by atoms with Crippen LogP contribution in [0, 0.1) is 0 Å². The van der Waals surface area contributed by atoms with Crippen LogP contribution in [-0.2, 0) is 19.1 Å². The lowest BCUT2D eigenvalue weighted by molar-refractivity contribution is -0.174. The van der Waals surface area contributed by atoms with Crippen LogP contribution in [0.25, 0.3) is 5.57 Å². The molecule has 0 aromatic heterocycles. The van der Waals surface area contributed by atoms with Crippen LogP contribution in [0.1, 0.15) is 19.4 Å². The Morgan fingerprint density at radius 2 is 1.53 bits per heavy atom. The molecule has 0 saturated carbocycles. The molecule has 4 nitrogen and oxygen atoms in total. The van der Waals surface area contributed by atoms with Gasteiger partial charge in [-0.1, -0.05) is 36.9 Å². The molecule has 0 aliphatic heterocycles. The van der Waals surface area contributed by atoms with E-state index in [9.17, 15) is 9.59 Å². The molecule has 0 unspecified atom stereocenters. The summed E-state index contributed by atoms with van der Waals surface area (Å²) < 4.78 is 9.79. The number of esters is 2. The number of ether oxygens (including phenoxy) is 2. The largest absolute Gasteiger partial charge is 0.421 e. The first-order valence-corrected chi connectivity index (χ1v) is 5.09. The van der Waals surface area contributed by atoms with Gasteiger partial charge in [0, 0.05) is 19.4 Å². The minimum atomic E-state index is -1.08. The Morgan fingerprint density at radius 3 is 1.94 bits per heavy atom. The van der Waals surface area contributed by atoms with E-state index in [1.807, 2.05) is 18.2 Å². The minimum Gasteiger partial charge on any atom is -0.421 e. The second-order valence-corrected chi connectivity index (χ2v) is 3.44. The maximum atomic E-state index is 10.9. The second kappa shape index (κ2) is 5.84. The molecule has 0 saturated heterocycles. The van der Waals surface area contributed by atoms with Gasteiger partial charge in [0.1, 0.15) is 0 Å². The Hall–Kier alpha value is -2.10. The summed E-state index contributed by atoms with van der Waals surface area (Å²) in [4.78, 5) is 21.8. The molecular weight excluding hydrogens is 220 g/mol. The quantitative estimate of drug-likeness (QED) is 0.591. The summed E-state index contributed by atoms with van der Waals surface area (Å²) >= 11 is 0. The summed E-state index contributed by atoms with van der Waals surface area (Å²) in [5.41, 5.74) is 1.18. The summed E-state index contributed by atoms with van der Waals surface area (Å²) in [5.74, 6) is -1.07. The van der Waals surface area contributed by atoms with Crippen molar-refractivity contribution < 1.29 is 19.1 Å². The zero-order valence-corrected chi connectivity index (χ0v) is 9.80. The van der Waals surface area contributed by atoms with Gasteiger partial charge in [0.15, 0.2) is 0 Å². The van der Waals surface area contributed by atoms with Gasteiger partial charge in [0.25, 0.3) is 6.29 Å². The highest BCUT2D eigenvalue weighted by atomic mass is 16.7. The molecule has 0 fully saturated rings. The molecule has 1 aromatic carbocycles. The van der Waals surface area contributed by atoms with Gasteiger partial charge in [0.05, 0.1) is 0 Å². The lowest BCUT2D eigenvalue weighted by Gasteiger charge is -2.18. The van der Waals surface area contributed by atoms with Crippen molar-refractivity contribution in [2.75, 3.05) is 0 Å². The van der Waals surface area contributed by atoms with Crippen LogP contribution in [-0.4, -0.2) is 18.2 Å². The van der Waals surface area contributed by atoms with E-state index in [0.29, 0.717) is 5.57 Å². The maximum Gasteiger partial charge on any atom is 0.305 e. The highest BCUT2D eigenvalue weighted by Crippen LogP contribution is 2.19. The van der Waals surface area contributed by atoms with Crippen molar-refractivity contribution >= 4 is 17.5 Å². The molecule has 1 rings (SSSR count). The first-order chi connectivity index (χ1) is 8.00. The number of hydrogen-bond acceptors (Lipinski definition) is 4. The summed E-state index contributed by atoms with van der Waals surface area (Å²) in [6.07, 6.45) is -1.08. The number of benzene rings is 1. The Morgan fingerprint density at radius 1 is 1.06 bits per heavy atom. The molecule has 0 N–H and O–H groups in total. The van der Waals surface area contributed by atoms with Gasteiger partial charge in [-0.2, -0.15) is 0 Å². The third kappa shape index (κ3) is 4.10. The van der Waals surface area contributed by atoms with E-state index in [4.69, 9.17) is 9.47 Å². The summed E-state index contributed by atoms with van der Waals surface area (Å²) in [6, 6.07) is 9.08. The van der Waals surface area contributed by atoms with Crippen molar-refractivity contribution in [1.29, 1.82) is 0 Å². The fourth-order valence-corrected chi connectivity index (χ4v) is 1.26. The van der Waals surface area contributed by atoms with Crippen molar-refractivity contribution in [3.8, 4) is 0 Å². The van der Waals surface area contributed by atoms with Crippen LogP contribution >= 0.6 is 0 Å². The highest BCUT2D eigenvalue weighted by Gasteiger charge is 2.20. The van der Waals surface area contributed by atoms with Gasteiger partial charge in [0.2, 0.25) is 0 Å². The average molecular weight is 234 g/mol. The molecule has 0 radical (unpaired) electrons. The molecule has 1 aromatic rings. The van der Waals surface area contributed by atoms with Crippen molar-refractivity contribution in [3.05, 3.63) is 42.5 Å². The van der Waals surface area contributed by atoms with Gasteiger partial charge in [-0.25, -0.2) is 0 Å². The Balaban J connectivity index is 2.86. The molecular formula is C13H14O4. The lowest BCUT2D eigenvalue weighted by atomic mass is 10.1. The van der Waals surface area contributed by atoms with Crippen molar-refractivity contribution in [1.82, 2.24) is 0 Å². The molecule has 4 heteroatoms. The normalized spacial score (nSPS) is 9.82. The smallest absolute Gasteiger partial charge is 0.305 e. The second-order valence-electron chi connectivity index (χ2n) is 3.44. The van der Waals surface area contributed by atoms with Gasteiger partial charge in [-0.05, 0) is 5.56 Å². The topological polar surface area (TPSA) is 52.6 Å². The van der Waals surface area contributed by atoms with Crippen LogP contribution in [0.15, 0.2) is 36.9 Å². The zero-order valence-electron chi connectivity index (χ0n) is 9.80.